The molecule has 3 nitrogen and oxygen atoms in total. The monoisotopic (exact) mass is 487 g/mol. The van der Waals surface area contributed by atoms with Gasteiger partial charge in [0.15, 0.2) is 0 Å². The van der Waals surface area contributed by atoms with Crippen LogP contribution in [0.4, 0.5) is 10.1 Å². The van der Waals surface area contributed by atoms with E-state index < -0.39 is 0 Å². The van der Waals surface area contributed by atoms with E-state index >= 15 is 0 Å². The first-order valence-electron chi connectivity index (χ1n) is 14.1. The van der Waals surface area contributed by atoms with Crippen molar-refractivity contribution in [1.29, 1.82) is 0 Å². The second-order valence-electron chi connectivity index (χ2n) is 11.2. The van der Waals surface area contributed by atoms with E-state index in [1.807, 2.05) is 12.1 Å². The van der Waals surface area contributed by atoms with Crippen LogP contribution in [-0.4, -0.2) is 43.8 Å². The average molecular weight is 488 g/mol. The quantitative estimate of drug-likeness (QED) is 0.357. The van der Waals surface area contributed by atoms with E-state index in [4.69, 9.17) is 4.99 Å². The van der Waals surface area contributed by atoms with Crippen LogP contribution < -0.4 is 4.90 Å². The average Bonchev–Trinajstić information content (AvgIpc) is 3.30. The molecule has 192 valence electrons. The normalized spacial score (nSPS) is 19.1. The Hall–Kier alpha value is -2.46. The van der Waals surface area contributed by atoms with Gasteiger partial charge in [0.05, 0.1) is 6.54 Å². The summed E-state index contributed by atoms with van der Waals surface area (Å²) in [7, 11) is 2.25. The number of piperidine rings is 1. The van der Waals surface area contributed by atoms with Gasteiger partial charge in [-0.3, -0.25) is 4.99 Å². The van der Waals surface area contributed by atoms with Crippen molar-refractivity contribution in [3.8, 4) is 0 Å². The minimum absolute atomic E-state index is 0.148. The molecule has 5 rings (SSSR count). The number of aryl methyl sites for hydroxylation is 2. The summed E-state index contributed by atoms with van der Waals surface area (Å²) in [5.74, 6) is 0.965. The van der Waals surface area contributed by atoms with Crippen molar-refractivity contribution in [1.82, 2.24) is 4.90 Å². The van der Waals surface area contributed by atoms with Crippen molar-refractivity contribution in [2.45, 2.75) is 70.8 Å². The number of allylic oxidation sites excluding steroid dienone is 1. The Morgan fingerprint density at radius 3 is 2.78 bits per heavy atom. The molecule has 3 heterocycles. The number of hydrogen-bond acceptors (Lipinski definition) is 3. The molecule has 4 heteroatoms. The van der Waals surface area contributed by atoms with Gasteiger partial charge in [0, 0.05) is 36.5 Å². The number of anilines is 1. The Balaban J connectivity index is 1.13. The number of nitrogens with zero attached hydrogens (tertiary/aromatic N) is 3. The Bertz CT molecular complexity index is 1110. The summed E-state index contributed by atoms with van der Waals surface area (Å²) in [6, 6.07) is 10.2. The molecule has 1 saturated heterocycles. The van der Waals surface area contributed by atoms with Crippen LogP contribution in [0.25, 0.3) is 0 Å². The SMILES string of the molecule is C=CCCc1cc(C(C)CCCN2CCC(C3=NCc4cc(F)ccc43)CC2)cc2c1N(C)CCC2. The maximum atomic E-state index is 13.6. The zero-order valence-electron chi connectivity index (χ0n) is 22.2. The fraction of sp³-hybridized carbons (Fsp3) is 0.531. The van der Waals surface area contributed by atoms with Crippen LogP contribution in [0, 0.1) is 11.7 Å². The van der Waals surface area contributed by atoms with Crippen LogP contribution >= 0.6 is 0 Å². The predicted octanol–water partition coefficient (Wildman–Crippen LogP) is 6.93. The lowest BCUT2D eigenvalue weighted by Crippen LogP contribution is -2.37. The smallest absolute Gasteiger partial charge is 0.123 e. The number of benzene rings is 2. The fourth-order valence-corrected chi connectivity index (χ4v) is 6.58. The van der Waals surface area contributed by atoms with Crippen LogP contribution in [0.15, 0.2) is 48.0 Å². The maximum Gasteiger partial charge on any atom is 0.123 e. The lowest BCUT2D eigenvalue weighted by atomic mass is 9.87. The Labute approximate surface area is 217 Å². The van der Waals surface area contributed by atoms with Gasteiger partial charge in [0.2, 0.25) is 0 Å². The highest BCUT2D eigenvalue weighted by molar-refractivity contribution is 6.05. The highest BCUT2D eigenvalue weighted by Crippen LogP contribution is 2.35. The van der Waals surface area contributed by atoms with E-state index in [1.165, 1.54) is 60.3 Å². The molecule has 1 fully saturated rings. The van der Waals surface area contributed by atoms with Crippen LogP contribution in [0.2, 0.25) is 0 Å². The minimum atomic E-state index is -0.148. The third kappa shape index (κ3) is 5.44. The molecule has 1 atom stereocenters. The van der Waals surface area contributed by atoms with Crippen molar-refractivity contribution in [3.05, 3.63) is 76.6 Å². The Morgan fingerprint density at radius 2 is 1.97 bits per heavy atom. The second kappa shape index (κ2) is 11.3. The van der Waals surface area contributed by atoms with Crippen LogP contribution in [0.3, 0.4) is 0 Å². The molecule has 0 bridgehead atoms. The van der Waals surface area contributed by atoms with E-state index in [0.29, 0.717) is 18.4 Å². The van der Waals surface area contributed by atoms with Crippen LogP contribution in [0.5, 0.6) is 0 Å². The Morgan fingerprint density at radius 1 is 1.14 bits per heavy atom. The third-order valence-electron chi connectivity index (χ3n) is 8.65. The molecule has 0 aliphatic carbocycles. The number of halogens is 1. The number of fused-ring (bicyclic) bond motifs is 2. The van der Waals surface area contributed by atoms with Gasteiger partial charge in [-0.25, -0.2) is 4.39 Å². The Kier molecular flexibility index (Phi) is 7.90. The van der Waals surface area contributed by atoms with Gasteiger partial charge < -0.3 is 9.80 Å². The summed E-state index contributed by atoms with van der Waals surface area (Å²) in [6.45, 7) is 11.6. The summed E-state index contributed by atoms with van der Waals surface area (Å²) in [5, 5.41) is 0. The number of hydrogen-bond donors (Lipinski definition) is 0. The zero-order chi connectivity index (χ0) is 25.1. The molecule has 1 unspecified atom stereocenters. The van der Waals surface area contributed by atoms with E-state index in [1.54, 1.807) is 17.7 Å². The van der Waals surface area contributed by atoms with E-state index in [2.05, 4.69) is 42.5 Å². The lowest BCUT2D eigenvalue weighted by molar-refractivity contribution is 0.205. The minimum Gasteiger partial charge on any atom is -0.374 e. The first kappa shape index (κ1) is 25.2. The lowest BCUT2D eigenvalue weighted by Gasteiger charge is -2.33. The van der Waals surface area contributed by atoms with Crippen LogP contribution in [0.1, 0.15) is 79.2 Å². The maximum absolute atomic E-state index is 13.6. The highest BCUT2D eigenvalue weighted by atomic mass is 19.1. The van der Waals surface area contributed by atoms with Crippen molar-refractivity contribution >= 4 is 11.4 Å². The van der Waals surface area contributed by atoms with Gasteiger partial charge in [0.1, 0.15) is 5.82 Å². The molecule has 2 aromatic rings. The molecule has 36 heavy (non-hydrogen) atoms. The summed E-state index contributed by atoms with van der Waals surface area (Å²) in [4.78, 5) is 9.90. The highest BCUT2D eigenvalue weighted by Gasteiger charge is 2.28. The first-order valence-corrected chi connectivity index (χ1v) is 14.1. The molecular weight excluding hydrogens is 445 g/mol. The molecule has 0 saturated carbocycles. The fourth-order valence-electron chi connectivity index (χ4n) is 6.58. The van der Waals surface area contributed by atoms with Crippen molar-refractivity contribution in [2.24, 2.45) is 10.9 Å². The summed E-state index contributed by atoms with van der Waals surface area (Å²) < 4.78 is 13.6. The number of likely N-dealkylation sites (tertiary alicyclic amines) is 1. The van der Waals surface area contributed by atoms with Gasteiger partial charge >= 0.3 is 0 Å². The van der Waals surface area contributed by atoms with Gasteiger partial charge in [-0.15, -0.1) is 6.58 Å². The first-order chi connectivity index (χ1) is 17.5. The van der Waals surface area contributed by atoms with Gasteiger partial charge in [-0.1, -0.05) is 25.1 Å². The second-order valence-corrected chi connectivity index (χ2v) is 11.2. The van der Waals surface area contributed by atoms with E-state index in [9.17, 15) is 4.39 Å². The molecule has 0 amide bonds. The molecular formula is C32H42FN3. The van der Waals surface area contributed by atoms with Crippen molar-refractivity contribution in [2.75, 3.05) is 38.1 Å². The molecule has 0 aromatic heterocycles. The third-order valence-corrected chi connectivity index (χ3v) is 8.65. The summed E-state index contributed by atoms with van der Waals surface area (Å²) in [6.07, 6.45) is 11.5. The van der Waals surface area contributed by atoms with Gasteiger partial charge in [0.25, 0.3) is 0 Å². The zero-order valence-corrected chi connectivity index (χ0v) is 22.2. The topological polar surface area (TPSA) is 18.8 Å². The predicted molar refractivity (Wildman–Crippen MR) is 150 cm³/mol. The summed E-state index contributed by atoms with van der Waals surface area (Å²) >= 11 is 0. The van der Waals surface area contributed by atoms with Gasteiger partial charge in [-0.05, 0) is 117 Å². The van der Waals surface area contributed by atoms with Gasteiger partial charge in [-0.2, -0.15) is 0 Å². The van der Waals surface area contributed by atoms with E-state index in [0.717, 1.165) is 50.9 Å². The van der Waals surface area contributed by atoms with Crippen LogP contribution in [-0.2, 0) is 19.4 Å². The largest absolute Gasteiger partial charge is 0.374 e. The van der Waals surface area contributed by atoms with E-state index in [-0.39, 0.29) is 5.82 Å². The molecule has 3 aliphatic heterocycles. The molecule has 2 aromatic carbocycles. The standard InChI is InChI=1S/C32H42FN3/c1-4-5-9-25-19-27(20-26-10-7-15-35(3)32(25)26)23(2)8-6-16-36-17-13-24(14-18-36)31-30-12-11-29(33)21-28(30)22-34-31/h4,11-12,19-21,23-24H,1,5-10,13-18,22H2,2-3H3. The van der Waals surface area contributed by atoms with Crippen molar-refractivity contribution in [3.63, 3.8) is 0 Å². The molecule has 3 aliphatic rings. The number of aliphatic imine (C=N–C) groups is 1. The molecule has 0 N–H and O–H groups in total. The number of rotatable bonds is 9. The van der Waals surface area contributed by atoms with Crippen molar-refractivity contribution < 1.29 is 4.39 Å². The summed E-state index contributed by atoms with van der Waals surface area (Å²) in [5.41, 5.74) is 9.54. The molecule has 0 spiro atoms. The molecule has 0 radical (unpaired) electrons.